The van der Waals surface area contributed by atoms with Crippen molar-refractivity contribution in [3.63, 3.8) is 0 Å². The molecule has 0 aromatic heterocycles. The van der Waals surface area contributed by atoms with E-state index >= 15 is 0 Å². The summed E-state index contributed by atoms with van der Waals surface area (Å²) in [5.74, 6) is -1.11. The second-order valence-corrected chi connectivity index (χ2v) is 4.93. The predicted octanol–water partition coefficient (Wildman–Crippen LogP) is 2.05. The van der Waals surface area contributed by atoms with E-state index in [2.05, 4.69) is 5.32 Å². The fourth-order valence-electron chi connectivity index (χ4n) is 1.74. The lowest BCUT2D eigenvalue weighted by molar-refractivity contribution is -0.384. The Labute approximate surface area is 117 Å². The molecule has 1 aromatic carbocycles. The predicted molar refractivity (Wildman–Crippen MR) is 76.3 cm³/mol. The molecule has 1 aromatic rings. The lowest BCUT2D eigenvalue weighted by atomic mass is 10.1. The number of anilines is 1. The van der Waals surface area contributed by atoms with Gasteiger partial charge in [-0.05, 0) is 40.1 Å². The lowest BCUT2D eigenvalue weighted by Crippen LogP contribution is -2.23. The number of hydrogen-bond donors (Lipinski definition) is 2. The Balaban J connectivity index is 2.92. The molecule has 7 nitrogen and oxygen atoms in total. The Bertz CT molecular complexity index is 502. The van der Waals surface area contributed by atoms with Crippen LogP contribution in [0.2, 0.25) is 0 Å². The number of carboxylic acid groups (broad SMARTS) is 1. The Morgan fingerprint density at radius 1 is 1.50 bits per heavy atom. The van der Waals surface area contributed by atoms with Gasteiger partial charge in [-0.2, -0.15) is 0 Å². The van der Waals surface area contributed by atoms with Gasteiger partial charge < -0.3 is 15.3 Å². The summed E-state index contributed by atoms with van der Waals surface area (Å²) in [5.41, 5.74) is 0.183. The molecule has 1 atom stereocenters. The van der Waals surface area contributed by atoms with Crippen LogP contribution in [0.3, 0.4) is 0 Å². The Kier molecular flexibility index (Phi) is 5.45. The molecule has 0 aliphatic heterocycles. The van der Waals surface area contributed by atoms with E-state index in [0.717, 1.165) is 13.0 Å². The van der Waals surface area contributed by atoms with Crippen LogP contribution in [0.1, 0.15) is 23.7 Å². The van der Waals surface area contributed by atoms with Crippen molar-refractivity contribution in [3.8, 4) is 0 Å². The lowest BCUT2D eigenvalue weighted by Gasteiger charge is -2.18. The maximum atomic E-state index is 11.1. The van der Waals surface area contributed by atoms with E-state index in [1.165, 1.54) is 18.2 Å². The molecule has 0 radical (unpaired) electrons. The van der Waals surface area contributed by atoms with Crippen molar-refractivity contribution in [2.45, 2.75) is 19.4 Å². The van der Waals surface area contributed by atoms with Gasteiger partial charge >= 0.3 is 5.97 Å². The summed E-state index contributed by atoms with van der Waals surface area (Å²) in [6.07, 6.45) is 0.800. The van der Waals surface area contributed by atoms with Crippen molar-refractivity contribution in [2.24, 2.45) is 0 Å². The van der Waals surface area contributed by atoms with Gasteiger partial charge in [0.1, 0.15) is 0 Å². The number of carbonyl (C=O) groups is 1. The molecule has 20 heavy (non-hydrogen) atoms. The van der Waals surface area contributed by atoms with Crippen LogP contribution in [-0.2, 0) is 0 Å². The zero-order valence-electron chi connectivity index (χ0n) is 11.8. The molecule has 0 fully saturated rings. The molecule has 0 bridgehead atoms. The van der Waals surface area contributed by atoms with Crippen molar-refractivity contribution >= 4 is 17.3 Å². The minimum absolute atomic E-state index is 0.0116. The van der Waals surface area contributed by atoms with Crippen molar-refractivity contribution in [1.29, 1.82) is 0 Å². The largest absolute Gasteiger partial charge is 0.478 e. The van der Waals surface area contributed by atoms with E-state index in [0.29, 0.717) is 0 Å². The molecule has 0 spiro atoms. The van der Waals surface area contributed by atoms with E-state index in [-0.39, 0.29) is 23.0 Å². The Morgan fingerprint density at radius 3 is 2.65 bits per heavy atom. The fraction of sp³-hybridized carbons (Fsp3) is 0.462. The van der Waals surface area contributed by atoms with Gasteiger partial charge in [-0.25, -0.2) is 4.79 Å². The third kappa shape index (κ3) is 4.51. The molecular formula is C13H19N3O4. The number of aromatic carboxylic acids is 1. The van der Waals surface area contributed by atoms with Gasteiger partial charge in [0, 0.05) is 18.2 Å². The third-order valence-corrected chi connectivity index (χ3v) is 2.86. The maximum Gasteiger partial charge on any atom is 0.337 e. The van der Waals surface area contributed by atoms with Crippen LogP contribution >= 0.6 is 0 Å². The van der Waals surface area contributed by atoms with E-state index < -0.39 is 10.9 Å². The van der Waals surface area contributed by atoms with Crippen molar-refractivity contribution in [1.82, 2.24) is 4.90 Å². The number of nitrogens with one attached hydrogen (secondary N) is 1. The number of carboxylic acids is 1. The van der Waals surface area contributed by atoms with Crippen LogP contribution < -0.4 is 5.32 Å². The zero-order valence-corrected chi connectivity index (χ0v) is 11.8. The van der Waals surface area contributed by atoms with Gasteiger partial charge in [0.25, 0.3) is 5.69 Å². The van der Waals surface area contributed by atoms with Crippen molar-refractivity contribution in [2.75, 3.05) is 26.0 Å². The summed E-state index contributed by atoms with van der Waals surface area (Å²) in [5, 5.41) is 22.9. The molecule has 0 saturated carbocycles. The average Bonchev–Trinajstić information content (AvgIpc) is 2.35. The van der Waals surface area contributed by atoms with E-state index in [9.17, 15) is 14.9 Å². The van der Waals surface area contributed by atoms with Gasteiger partial charge in [-0.15, -0.1) is 0 Å². The number of non-ortho nitro benzene ring substituents is 1. The summed E-state index contributed by atoms with van der Waals surface area (Å²) in [7, 11) is 3.89. The molecule has 0 amide bonds. The first-order valence-electron chi connectivity index (χ1n) is 6.24. The minimum atomic E-state index is -1.11. The monoisotopic (exact) mass is 281 g/mol. The molecule has 0 aliphatic carbocycles. The minimum Gasteiger partial charge on any atom is -0.478 e. The zero-order chi connectivity index (χ0) is 15.3. The normalized spacial score (nSPS) is 12.2. The molecular weight excluding hydrogens is 262 g/mol. The summed E-state index contributed by atoms with van der Waals surface area (Å²) in [6, 6.07) is 3.72. The third-order valence-electron chi connectivity index (χ3n) is 2.86. The van der Waals surface area contributed by atoms with Gasteiger partial charge in [0.05, 0.1) is 16.2 Å². The molecule has 110 valence electrons. The van der Waals surface area contributed by atoms with Crippen LogP contribution in [0.4, 0.5) is 11.4 Å². The number of nitro groups is 1. The smallest absolute Gasteiger partial charge is 0.337 e. The van der Waals surface area contributed by atoms with E-state index in [1.54, 1.807) is 0 Å². The quantitative estimate of drug-likeness (QED) is 0.586. The van der Waals surface area contributed by atoms with Gasteiger partial charge in [-0.1, -0.05) is 0 Å². The standard InChI is InChI=1S/C13H19N3O4/c1-9(6-7-15(2)3)14-12-8-10(16(19)20)4-5-11(12)13(17)18/h4-5,8-9,14H,6-7H2,1-3H3,(H,17,18). The SMILES string of the molecule is CC(CCN(C)C)Nc1cc([N+](=O)[O-])ccc1C(=O)O. The Hall–Kier alpha value is -2.15. The first kappa shape index (κ1) is 15.9. The van der Waals surface area contributed by atoms with Crippen LogP contribution in [0.25, 0.3) is 0 Å². The number of nitro benzene ring substituents is 1. The molecule has 0 aliphatic rings. The van der Waals surface area contributed by atoms with Crippen LogP contribution in [0.5, 0.6) is 0 Å². The molecule has 0 saturated heterocycles. The first-order chi connectivity index (χ1) is 9.31. The highest BCUT2D eigenvalue weighted by Crippen LogP contribution is 2.23. The highest BCUT2D eigenvalue weighted by atomic mass is 16.6. The fourth-order valence-corrected chi connectivity index (χ4v) is 1.74. The molecule has 7 heteroatoms. The molecule has 1 rings (SSSR count). The molecule has 0 heterocycles. The maximum absolute atomic E-state index is 11.1. The van der Waals surface area contributed by atoms with Crippen molar-refractivity contribution in [3.05, 3.63) is 33.9 Å². The first-order valence-corrected chi connectivity index (χ1v) is 6.24. The summed E-state index contributed by atoms with van der Waals surface area (Å²) in [6.45, 7) is 2.75. The Morgan fingerprint density at radius 2 is 2.15 bits per heavy atom. The van der Waals surface area contributed by atoms with Gasteiger partial charge in [0.15, 0.2) is 0 Å². The van der Waals surface area contributed by atoms with Gasteiger partial charge in [-0.3, -0.25) is 10.1 Å². The second-order valence-electron chi connectivity index (χ2n) is 4.93. The highest BCUT2D eigenvalue weighted by Gasteiger charge is 2.16. The summed E-state index contributed by atoms with van der Waals surface area (Å²) >= 11 is 0. The van der Waals surface area contributed by atoms with Crippen LogP contribution in [-0.4, -0.2) is 47.6 Å². The highest BCUT2D eigenvalue weighted by molar-refractivity contribution is 5.94. The van der Waals surface area contributed by atoms with Gasteiger partial charge in [0.2, 0.25) is 0 Å². The number of benzene rings is 1. The second kappa shape index (κ2) is 6.85. The van der Waals surface area contributed by atoms with E-state index in [1.807, 2.05) is 25.9 Å². The molecule has 1 unspecified atom stereocenters. The van der Waals surface area contributed by atoms with Crippen LogP contribution in [0, 0.1) is 10.1 Å². The molecule has 2 N–H and O–H groups in total. The summed E-state index contributed by atoms with van der Waals surface area (Å²) < 4.78 is 0. The van der Waals surface area contributed by atoms with Crippen molar-refractivity contribution < 1.29 is 14.8 Å². The number of nitrogens with zero attached hydrogens (tertiary/aromatic N) is 2. The average molecular weight is 281 g/mol. The number of hydrogen-bond acceptors (Lipinski definition) is 5. The van der Waals surface area contributed by atoms with Crippen LogP contribution in [0.15, 0.2) is 18.2 Å². The summed E-state index contributed by atoms with van der Waals surface area (Å²) in [4.78, 5) is 23.4. The number of rotatable bonds is 7. The topological polar surface area (TPSA) is 95.7 Å². The van der Waals surface area contributed by atoms with E-state index in [4.69, 9.17) is 5.11 Å².